The largest absolute Gasteiger partial charge is 0.480 e. The average molecular weight is 300 g/mol. The molecule has 1 rings (SSSR count). The van der Waals surface area contributed by atoms with Crippen LogP contribution in [0.3, 0.4) is 0 Å². The Hall–Kier alpha value is -0.625. The van der Waals surface area contributed by atoms with Crippen LogP contribution in [0.15, 0.2) is 0 Å². The smallest absolute Gasteiger partial charge is 0.451 e. The Balaban J connectivity index is 2.72. The summed E-state index contributed by atoms with van der Waals surface area (Å²) < 4.78 is 0. The van der Waals surface area contributed by atoms with Gasteiger partial charge in [-0.25, -0.2) is 0 Å². The molecule has 0 aromatic carbocycles. The lowest BCUT2D eigenvalue weighted by molar-refractivity contribution is -0.148. The van der Waals surface area contributed by atoms with Crippen LogP contribution in [-0.2, 0) is 4.79 Å². The van der Waals surface area contributed by atoms with Gasteiger partial charge in [-0.05, 0) is 52.4 Å². The van der Waals surface area contributed by atoms with E-state index in [4.69, 9.17) is 15.8 Å². The normalized spacial score (nSPS) is 29.9. The van der Waals surface area contributed by atoms with Gasteiger partial charge in [0.1, 0.15) is 5.54 Å². The molecular formula is C14H29BN2O4. The van der Waals surface area contributed by atoms with Crippen molar-refractivity contribution >= 4 is 13.1 Å². The van der Waals surface area contributed by atoms with Gasteiger partial charge in [0, 0.05) is 18.5 Å². The molecule has 0 saturated heterocycles. The Morgan fingerprint density at radius 2 is 2.05 bits per heavy atom. The summed E-state index contributed by atoms with van der Waals surface area (Å²) in [5.74, 6) is -0.870. The molecule has 1 aliphatic carbocycles. The van der Waals surface area contributed by atoms with Gasteiger partial charge in [-0.1, -0.05) is 6.42 Å². The lowest BCUT2D eigenvalue weighted by atomic mass is 9.66. The van der Waals surface area contributed by atoms with Gasteiger partial charge in [-0.15, -0.1) is 0 Å². The Morgan fingerprint density at radius 1 is 1.43 bits per heavy atom. The maximum absolute atomic E-state index is 11.7. The first-order valence-corrected chi connectivity index (χ1v) is 7.75. The summed E-state index contributed by atoms with van der Waals surface area (Å²) in [5.41, 5.74) is 5.02. The minimum atomic E-state index is -1.33. The van der Waals surface area contributed by atoms with Crippen LogP contribution in [0.4, 0.5) is 0 Å². The van der Waals surface area contributed by atoms with Gasteiger partial charge in [0.2, 0.25) is 0 Å². The van der Waals surface area contributed by atoms with Crippen molar-refractivity contribution in [3.63, 3.8) is 0 Å². The van der Waals surface area contributed by atoms with E-state index in [9.17, 15) is 9.90 Å². The third kappa shape index (κ3) is 4.95. The maximum atomic E-state index is 11.7. The van der Waals surface area contributed by atoms with E-state index < -0.39 is 18.6 Å². The summed E-state index contributed by atoms with van der Waals surface area (Å²) in [5, 5.41) is 27.5. The molecule has 7 heteroatoms. The van der Waals surface area contributed by atoms with Crippen molar-refractivity contribution in [3.05, 3.63) is 0 Å². The molecule has 0 bridgehead atoms. The quantitative estimate of drug-likeness (QED) is 0.507. The highest BCUT2D eigenvalue weighted by atomic mass is 16.4. The van der Waals surface area contributed by atoms with Crippen LogP contribution in [0.1, 0.15) is 39.5 Å². The van der Waals surface area contributed by atoms with Crippen LogP contribution in [-0.4, -0.2) is 58.3 Å². The number of hydrogen-bond acceptors (Lipinski definition) is 5. The first kappa shape index (κ1) is 18.4. The molecule has 0 amide bonds. The second-order valence-corrected chi connectivity index (χ2v) is 6.78. The van der Waals surface area contributed by atoms with E-state index in [0.29, 0.717) is 25.4 Å². The van der Waals surface area contributed by atoms with Gasteiger partial charge in [0.25, 0.3) is 0 Å². The molecule has 1 saturated carbocycles. The van der Waals surface area contributed by atoms with Crippen molar-refractivity contribution in [2.45, 2.75) is 57.4 Å². The zero-order chi connectivity index (χ0) is 16.2. The fraction of sp³-hybridized carbons (Fsp3) is 0.929. The lowest BCUT2D eigenvalue weighted by Gasteiger charge is -2.43. The molecular weight excluding hydrogens is 271 g/mol. The fourth-order valence-corrected chi connectivity index (χ4v) is 3.15. The van der Waals surface area contributed by atoms with Crippen molar-refractivity contribution in [1.29, 1.82) is 0 Å². The second-order valence-electron chi connectivity index (χ2n) is 6.78. The molecule has 0 aliphatic heterocycles. The Kier molecular flexibility index (Phi) is 6.65. The molecule has 0 radical (unpaired) electrons. The Bertz CT molecular complexity index is 354. The van der Waals surface area contributed by atoms with Crippen molar-refractivity contribution in [2.24, 2.45) is 17.6 Å². The highest BCUT2D eigenvalue weighted by Gasteiger charge is 2.47. The van der Waals surface area contributed by atoms with Gasteiger partial charge in [0.05, 0.1) is 0 Å². The molecule has 3 atom stereocenters. The number of hydrogen-bond donors (Lipinski definition) is 4. The van der Waals surface area contributed by atoms with Crippen LogP contribution < -0.4 is 5.73 Å². The third-order valence-electron chi connectivity index (χ3n) is 4.90. The summed E-state index contributed by atoms with van der Waals surface area (Å²) in [6.45, 7) is 4.83. The predicted molar refractivity (Wildman–Crippen MR) is 82.8 cm³/mol. The molecule has 122 valence electrons. The van der Waals surface area contributed by atoms with Gasteiger partial charge >= 0.3 is 13.1 Å². The molecule has 0 spiro atoms. The van der Waals surface area contributed by atoms with E-state index in [1.807, 2.05) is 7.05 Å². The fourth-order valence-electron chi connectivity index (χ4n) is 3.15. The predicted octanol–water partition coefficient (Wildman–Crippen LogP) is 0.388. The summed E-state index contributed by atoms with van der Waals surface area (Å²) in [6, 6.07) is 0.352. The molecule has 6 nitrogen and oxygen atoms in total. The first-order chi connectivity index (χ1) is 9.66. The molecule has 1 fully saturated rings. The number of rotatable bonds is 7. The summed E-state index contributed by atoms with van der Waals surface area (Å²) in [4.78, 5) is 13.8. The monoisotopic (exact) mass is 300 g/mol. The molecule has 0 aromatic heterocycles. The van der Waals surface area contributed by atoms with Gasteiger partial charge in [-0.3, -0.25) is 4.79 Å². The van der Waals surface area contributed by atoms with Gasteiger partial charge in [0.15, 0.2) is 0 Å². The lowest BCUT2D eigenvalue weighted by Crippen LogP contribution is -2.60. The standard InChI is InChI=1S/C14H29BN2O4/c1-10(2)17(3)9-12-5-4-11(6-7-15(20)21)8-14(12,16)13(18)19/h10-12,20-21H,4-9,16H2,1-3H3,(H,18,19)/t11-,12-,14+/m0/s1. The highest BCUT2D eigenvalue weighted by molar-refractivity contribution is 6.40. The average Bonchev–Trinajstić information content (AvgIpc) is 2.38. The van der Waals surface area contributed by atoms with E-state index in [1.165, 1.54) is 0 Å². The third-order valence-corrected chi connectivity index (χ3v) is 4.90. The zero-order valence-electron chi connectivity index (χ0n) is 13.3. The SMILES string of the molecule is CC(C)N(C)C[C@@H]1CC[C@@H](CCB(O)O)C[C@]1(N)C(=O)O. The minimum Gasteiger partial charge on any atom is -0.480 e. The first-order valence-electron chi connectivity index (χ1n) is 7.75. The Morgan fingerprint density at radius 3 is 2.52 bits per heavy atom. The van der Waals surface area contributed by atoms with E-state index in [1.54, 1.807) is 0 Å². The number of carboxylic acid groups (broad SMARTS) is 1. The maximum Gasteiger partial charge on any atom is 0.451 e. The van der Waals surface area contributed by atoms with Crippen molar-refractivity contribution in [3.8, 4) is 0 Å². The number of nitrogens with two attached hydrogens (primary N) is 1. The van der Waals surface area contributed by atoms with Crippen molar-refractivity contribution in [2.75, 3.05) is 13.6 Å². The second kappa shape index (κ2) is 7.58. The topological polar surface area (TPSA) is 107 Å². The van der Waals surface area contributed by atoms with E-state index in [-0.39, 0.29) is 18.2 Å². The van der Waals surface area contributed by atoms with E-state index >= 15 is 0 Å². The van der Waals surface area contributed by atoms with Gasteiger partial charge < -0.3 is 25.8 Å². The van der Waals surface area contributed by atoms with Crippen LogP contribution in [0, 0.1) is 11.8 Å². The van der Waals surface area contributed by atoms with Crippen LogP contribution >= 0.6 is 0 Å². The number of carbonyl (C=O) groups is 1. The van der Waals surface area contributed by atoms with Crippen LogP contribution in [0.5, 0.6) is 0 Å². The van der Waals surface area contributed by atoms with Gasteiger partial charge in [-0.2, -0.15) is 0 Å². The summed E-state index contributed by atoms with van der Waals surface area (Å²) >= 11 is 0. The number of nitrogens with zero attached hydrogens (tertiary/aromatic N) is 1. The van der Waals surface area contributed by atoms with Crippen molar-refractivity contribution in [1.82, 2.24) is 4.90 Å². The molecule has 0 aromatic rings. The van der Waals surface area contributed by atoms with E-state index in [2.05, 4.69) is 18.7 Å². The molecule has 0 heterocycles. The minimum absolute atomic E-state index is 0.0716. The molecule has 5 N–H and O–H groups in total. The highest BCUT2D eigenvalue weighted by Crippen LogP contribution is 2.38. The van der Waals surface area contributed by atoms with Crippen LogP contribution in [0.25, 0.3) is 0 Å². The number of carboxylic acids is 1. The Labute approximate surface area is 127 Å². The van der Waals surface area contributed by atoms with Crippen LogP contribution in [0.2, 0.25) is 6.32 Å². The van der Waals surface area contributed by atoms with E-state index in [0.717, 1.165) is 12.8 Å². The zero-order valence-corrected chi connectivity index (χ0v) is 13.3. The molecule has 0 unspecified atom stereocenters. The molecule has 21 heavy (non-hydrogen) atoms. The van der Waals surface area contributed by atoms with Crippen molar-refractivity contribution < 1.29 is 19.9 Å². The number of aliphatic carboxylic acids is 1. The summed E-state index contributed by atoms with van der Waals surface area (Å²) in [6.07, 6.45) is 2.96. The summed E-state index contributed by atoms with van der Waals surface area (Å²) in [7, 11) is 0.660. The molecule has 1 aliphatic rings.